The average Bonchev–Trinajstić information content (AvgIpc) is 3.00. The van der Waals surface area contributed by atoms with Gasteiger partial charge in [-0.3, -0.25) is 4.79 Å². The predicted octanol–water partition coefficient (Wildman–Crippen LogP) is 7.51. The Hall–Kier alpha value is -1.71. The molecule has 260 valence electrons. The van der Waals surface area contributed by atoms with E-state index in [0.717, 1.165) is 25.7 Å². The van der Waals surface area contributed by atoms with Crippen molar-refractivity contribution in [2.75, 3.05) is 33.0 Å². The zero-order valence-corrected chi connectivity index (χ0v) is 28.3. The highest BCUT2D eigenvalue weighted by molar-refractivity contribution is 5.84. The first-order chi connectivity index (χ1) is 21.4. The summed E-state index contributed by atoms with van der Waals surface area (Å²) in [6, 6.07) is -1.38. The van der Waals surface area contributed by atoms with Crippen LogP contribution in [0.2, 0.25) is 0 Å². The van der Waals surface area contributed by atoms with Crippen LogP contribution in [-0.4, -0.2) is 73.2 Å². The summed E-state index contributed by atoms with van der Waals surface area (Å²) < 4.78 is 16.5. The van der Waals surface area contributed by atoms with Crippen LogP contribution in [0.15, 0.2) is 0 Å². The molecule has 0 saturated carbocycles. The normalized spacial score (nSPS) is 12.6. The minimum atomic E-state index is -1.38. The third-order valence-corrected chi connectivity index (χ3v) is 7.89. The molecule has 0 aromatic carbocycles. The Bertz CT molecular complexity index is 675. The van der Waals surface area contributed by atoms with Gasteiger partial charge in [0.05, 0.1) is 26.2 Å². The number of amides is 1. The maximum absolute atomic E-state index is 12.4. The molecule has 0 spiro atoms. The summed E-state index contributed by atoms with van der Waals surface area (Å²) in [5.41, 5.74) is 0. The van der Waals surface area contributed by atoms with Crippen molar-refractivity contribution in [3.05, 3.63) is 0 Å². The van der Waals surface area contributed by atoms with E-state index in [1.165, 1.54) is 109 Å². The number of ether oxygens (including phenoxy) is 3. The van der Waals surface area contributed by atoms with Crippen molar-refractivity contribution in [2.45, 2.75) is 174 Å². The van der Waals surface area contributed by atoms with Crippen molar-refractivity contribution < 1.29 is 38.8 Å². The molecular formula is C35H67NO8. The zero-order valence-electron chi connectivity index (χ0n) is 28.3. The third-order valence-electron chi connectivity index (χ3n) is 7.89. The van der Waals surface area contributed by atoms with Crippen molar-refractivity contribution >= 4 is 17.8 Å². The highest BCUT2D eigenvalue weighted by Crippen LogP contribution is 2.16. The topological polar surface area (TPSA) is 131 Å². The van der Waals surface area contributed by atoms with E-state index in [1.807, 2.05) is 0 Å². The fourth-order valence-corrected chi connectivity index (χ4v) is 5.17. The number of carboxylic acids is 1. The zero-order chi connectivity index (χ0) is 32.5. The van der Waals surface area contributed by atoms with Crippen LogP contribution in [-0.2, 0) is 28.6 Å². The van der Waals surface area contributed by atoms with Gasteiger partial charge in [-0.25, -0.2) is 9.59 Å². The molecule has 0 aromatic heterocycles. The van der Waals surface area contributed by atoms with E-state index >= 15 is 0 Å². The molecular weight excluding hydrogens is 562 g/mol. The molecule has 0 rings (SSSR count). The fraction of sp³-hybridized carbons (Fsp3) is 0.914. The first kappa shape index (κ1) is 42.3. The molecule has 0 fully saturated rings. The summed E-state index contributed by atoms with van der Waals surface area (Å²) in [4.78, 5) is 36.0. The lowest BCUT2D eigenvalue weighted by Gasteiger charge is -2.19. The van der Waals surface area contributed by atoms with E-state index in [4.69, 9.17) is 19.3 Å². The molecule has 0 bridgehead atoms. The number of hydrogen-bond acceptors (Lipinski definition) is 7. The van der Waals surface area contributed by atoms with Gasteiger partial charge in [-0.2, -0.15) is 0 Å². The van der Waals surface area contributed by atoms with Gasteiger partial charge in [0.1, 0.15) is 18.8 Å². The van der Waals surface area contributed by atoms with Gasteiger partial charge in [-0.1, -0.05) is 136 Å². The van der Waals surface area contributed by atoms with E-state index in [2.05, 4.69) is 19.2 Å². The number of carboxylic acid groups (broad SMARTS) is 1. The van der Waals surface area contributed by atoms with E-state index < -0.39 is 36.6 Å². The quantitative estimate of drug-likeness (QED) is 0.0492. The lowest BCUT2D eigenvalue weighted by Crippen LogP contribution is -2.44. The molecule has 0 heterocycles. The van der Waals surface area contributed by atoms with Gasteiger partial charge >= 0.3 is 11.9 Å². The fourth-order valence-electron chi connectivity index (χ4n) is 5.17. The SMILES string of the molecule is CCCCCCCCCCCCCCCC(CC(=O)N[C@@H](CO)C(=O)O)OC(=O)COCCOCCCCCCCCCC. The van der Waals surface area contributed by atoms with Crippen molar-refractivity contribution in [3.63, 3.8) is 0 Å². The largest absolute Gasteiger partial charge is 0.480 e. The second-order valence-corrected chi connectivity index (χ2v) is 12.1. The van der Waals surface area contributed by atoms with E-state index in [0.29, 0.717) is 19.6 Å². The molecule has 9 heteroatoms. The summed E-state index contributed by atoms with van der Waals surface area (Å²) in [5, 5.41) is 20.6. The van der Waals surface area contributed by atoms with Crippen LogP contribution < -0.4 is 5.32 Å². The van der Waals surface area contributed by atoms with Crippen LogP contribution >= 0.6 is 0 Å². The Morgan fingerprint density at radius 1 is 0.614 bits per heavy atom. The van der Waals surface area contributed by atoms with Gasteiger partial charge in [-0.15, -0.1) is 0 Å². The third kappa shape index (κ3) is 29.0. The summed E-state index contributed by atoms with van der Waals surface area (Å²) in [5.74, 6) is -2.45. The molecule has 0 aliphatic rings. The van der Waals surface area contributed by atoms with Crippen molar-refractivity contribution in [1.29, 1.82) is 0 Å². The monoisotopic (exact) mass is 629 g/mol. The molecule has 3 N–H and O–H groups in total. The maximum atomic E-state index is 12.4. The Kier molecular flexibility index (Phi) is 31.4. The Balaban J connectivity index is 4.19. The van der Waals surface area contributed by atoms with Gasteiger partial charge < -0.3 is 29.7 Å². The minimum absolute atomic E-state index is 0.157. The van der Waals surface area contributed by atoms with Gasteiger partial charge in [0.2, 0.25) is 5.91 Å². The number of esters is 1. The molecule has 0 aliphatic carbocycles. The van der Waals surface area contributed by atoms with Crippen LogP contribution in [0.5, 0.6) is 0 Å². The highest BCUT2D eigenvalue weighted by atomic mass is 16.6. The Morgan fingerprint density at radius 3 is 1.55 bits per heavy atom. The van der Waals surface area contributed by atoms with Crippen LogP contribution in [0.25, 0.3) is 0 Å². The first-order valence-corrected chi connectivity index (χ1v) is 17.9. The number of unbranched alkanes of at least 4 members (excludes halogenated alkanes) is 19. The number of carbonyl (C=O) groups is 3. The first-order valence-electron chi connectivity index (χ1n) is 17.9. The van der Waals surface area contributed by atoms with Crippen molar-refractivity contribution in [3.8, 4) is 0 Å². The molecule has 2 atom stereocenters. The standard InChI is InChI=1S/C35H67NO8/c1-3-5-7-9-11-13-14-15-16-17-18-20-22-24-31(28-33(38)36-32(29-37)35(40)41)44-34(39)30-43-27-26-42-25-23-21-19-12-10-8-6-4-2/h31-32,37H,3-30H2,1-2H3,(H,36,38)(H,40,41)/t31?,32-/m0/s1. The summed E-state index contributed by atoms with van der Waals surface area (Å²) in [6.45, 7) is 4.91. The number of aliphatic carboxylic acids is 1. The maximum Gasteiger partial charge on any atom is 0.332 e. The van der Waals surface area contributed by atoms with Crippen molar-refractivity contribution in [2.24, 2.45) is 0 Å². The van der Waals surface area contributed by atoms with Gasteiger partial charge in [0, 0.05) is 6.61 Å². The lowest BCUT2D eigenvalue weighted by molar-refractivity contribution is -0.157. The highest BCUT2D eigenvalue weighted by Gasteiger charge is 2.23. The van der Waals surface area contributed by atoms with E-state index in [9.17, 15) is 19.5 Å². The number of aliphatic hydroxyl groups excluding tert-OH is 1. The molecule has 0 saturated heterocycles. The summed E-state index contributed by atoms with van der Waals surface area (Å²) in [6.07, 6.45) is 25.5. The van der Waals surface area contributed by atoms with Crippen LogP contribution in [0.3, 0.4) is 0 Å². The smallest absolute Gasteiger partial charge is 0.332 e. The van der Waals surface area contributed by atoms with Crippen LogP contribution in [0, 0.1) is 0 Å². The van der Waals surface area contributed by atoms with E-state index in [-0.39, 0.29) is 19.6 Å². The van der Waals surface area contributed by atoms with Gasteiger partial charge in [0.25, 0.3) is 0 Å². The van der Waals surface area contributed by atoms with Crippen LogP contribution in [0.1, 0.15) is 162 Å². The molecule has 1 amide bonds. The number of nitrogens with one attached hydrogen (secondary N) is 1. The molecule has 1 unspecified atom stereocenters. The second-order valence-electron chi connectivity index (χ2n) is 12.1. The Labute approximate surface area is 268 Å². The number of rotatable bonds is 34. The van der Waals surface area contributed by atoms with Gasteiger partial charge in [0.15, 0.2) is 0 Å². The van der Waals surface area contributed by atoms with Gasteiger partial charge in [-0.05, 0) is 19.3 Å². The Morgan fingerprint density at radius 2 is 1.07 bits per heavy atom. The molecule has 0 aromatic rings. The molecule has 0 radical (unpaired) electrons. The summed E-state index contributed by atoms with van der Waals surface area (Å²) >= 11 is 0. The van der Waals surface area contributed by atoms with Crippen LogP contribution in [0.4, 0.5) is 0 Å². The second kappa shape index (κ2) is 32.7. The van der Waals surface area contributed by atoms with Crippen molar-refractivity contribution in [1.82, 2.24) is 5.32 Å². The number of hydrogen-bond donors (Lipinski definition) is 3. The summed E-state index contributed by atoms with van der Waals surface area (Å²) in [7, 11) is 0. The average molecular weight is 630 g/mol. The lowest BCUT2D eigenvalue weighted by atomic mass is 10.0. The number of carbonyl (C=O) groups excluding carboxylic acids is 2. The molecule has 44 heavy (non-hydrogen) atoms. The number of aliphatic hydroxyl groups is 1. The minimum Gasteiger partial charge on any atom is -0.480 e. The predicted molar refractivity (Wildman–Crippen MR) is 176 cm³/mol. The molecule has 0 aliphatic heterocycles. The molecule has 9 nitrogen and oxygen atoms in total. The van der Waals surface area contributed by atoms with E-state index in [1.54, 1.807) is 0 Å².